The van der Waals surface area contributed by atoms with Crippen LogP contribution in [-0.2, 0) is 6.42 Å². The van der Waals surface area contributed by atoms with Crippen molar-refractivity contribution >= 4 is 0 Å². The second-order valence-electron chi connectivity index (χ2n) is 3.46. The summed E-state index contributed by atoms with van der Waals surface area (Å²) in [7, 11) is 1.50. The smallest absolute Gasteiger partial charge is 0.106 e. The SMILES string of the molecule is CC.CCc1ncc(-c2ccc(C)cc2)[nH]1.CN. The maximum atomic E-state index is 4.50. The molecule has 18 heavy (non-hydrogen) atoms. The van der Waals surface area contributed by atoms with Gasteiger partial charge in [0.15, 0.2) is 0 Å². The molecule has 1 heterocycles. The van der Waals surface area contributed by atoms with Crippen LogP contribution in [0.1, 0.15) is 32.2 Å². The summed E-state index contributed by atoms with van der Waals surface area (Å²) in [5.41, 5.74) is 8.08. The van der Waals surface area contributed by atoms with Crippen LogP contribution >= 0.6 is 0 Å². The van der Waals surface area contributed by atoms with E-state index in [1.807, 2.05) is 20.0 Å². The van der Waals surface area contributed by atoms with Gasteiger partial charge in [0.1, 0.15) is 5.82 Å². The summed E-state index contributed by atoms with van der Waals surface area (Å²) in [5, 5.41) is 0. The summed E-state index contributed by atoms with van der Waals surface area (Å²) in [6.45, 7) is 8.19. The van der Waals surface area contributed by atoms with E-state index in [2.05, 4.69) is 53.8 Å². The molecule has 2 aromatic rings. The second kappa shape index (κ2) is 9.42. The Balaban J connectivity index is 0.000000659. The first-order valence-electron chi connectivity index (χ1n) is 6.48. The van der Waals surface area contributed by atoms with Crippen molar-refractivity contribution in [1.29, 1.82) is 0 Å². The van der Waals surface area contributed by atoms with Crippen LogP contribution in [-0.4, -0.2) is 17.0 Å². The molecule has 0 atom stereocenters. The van der Waals surface area contributed by atoms with E-state index in [0.29, 0.717) is 0 Å². The number of rotatable bonds is 2. The third kappa shape index (κ3) is 4.72. The minimum atomic E-state index is 0.950. The Morgan fingerprint density at radius 1 is 1.11 bits per heavy atom. The number of hydrogen-bond donors (Lipinski definition) is 2. The standard InChI is InChI=1S/C12H14N2.C2H6.CH5N/c1-3-12-13-8-11(14-12)10-6-4-9(2)5-7-10;2*1-2/h4-8H,3H2,1-2H3,(H,13,14);1-2H3;2H2,1H3. The van der Waals surface area contributed by atoms with Gasteiger partial charge in [-0.1, -0.05) is 50.6 Å². The van der Waals surface area contributed by atoms with E-state index >= 15 is 0 Å². The van der Waals surface area contributed by atoms with Gasteiger partial charge in [-0.2, -0.15) is 0 Å². The van der Waals surface area contributed by atoms with Gasteiger partial charge < -0.3 is 10.7 Å². The van der Waals surface area contributed by atoms with Gasteiger partial charge in [0.05, 0.1) is 11.9 Å². The maximum absolute atomic E-state index is 4.50. The first kappa shape index (κ1) is 16.4. The predicted octanol–water partition coefficient (Wildman–Crippen LogP) is 3.55. The van der Waals surface area contributed by atoms with Gasteiger partial charge >= 0.3 is 0 Å². The molecule has 0 fully saturated rings. The maximum Gasteiger partial charge on any atom is 0.106 e. The molecule has 0 aliphatic rings. The number of nitrogens with zero attached hydrogens (tertiary/aromatic N) is 1. The largest absolute Gasteiger partial charge is 0.342 e. The number of nitrogens with two attached hydrogens (primary N) is 1. The van der Waals surface area contributed by atoms with Gasteiger partial charge in [0.2, 0.25) is 0 Å². The molecular weight excluding hydrogens is 222 g/mol. The van der Waals surface area contributed by atoms with Crippen molar-refractivity contribution in [3.63, 3.8) is 0 Å². The highest BCUT2D eigenvalue weighted by Gasteiger charge is 2.00. The first-order chi connectivity index (χ1) is 8.79. The summed E-state index contributed by atoms with van der Waals surface area (Å²) in [6.07, 6.45) is 2.84. The summed E-state index contributed by atoms with van der Waals surface area (Å²) in [6, 6.07) is 8.45. The molecule has 0 aliphatic heterocycles. The van der Waals surface area contributed by atoms with E-state index < -0.39 is 0 Å². The van der Waals surface area contributed by atoms with Crippen molar-refractivity contribution < 1.29 is 0 Å². The lowest BCUT2D eigenvalue weighted by atomic mass is 10.1. The number of aryl methyl sites for hydroxylation is 2. The second-order valence-corrected chi connectivity index (χ2v) is 3.46. The molecule has 0 spiro atoms. The fourth-order valence-electron chi connectivity index (χ4n) is 1.42. The van der Waals surface area contributed by atoms with Crippen LogP contribution in [0.25, 0.3) is 11.3 Å². The van der Waals surface area contributed by atoms with Gasteiger partial charge in [0, 0.05) is 6.42 Å². The van der Waals surface area contributed by atoms with Crippen LogP contribution in [0.2, 0.25) is 0 Å². The van der Waals surface area contributed by atoms with E-state index in [9.17, 15) is 0 Å². The molecule has 3 nitrogen and oxygen atoms in total. The average Bonchev–Trinajstić information content (AvgIpc) is 2.93. The molecule has 1 aromatic heterocycles. The number of H-pyrrole nitrogens is 1. The Hall–Kier alpha value is -1.61. The highest BCUT2D eigenvalue weighted by Crippen LogP contribution is 2.17. The van der Waals surface area contributed by atoms with E-state index in [-0.39, 0.29) is 0 Å². The monoisotopic (exact) mass is 247 g/mol. The average molecular weight is 247 g/mol. The molecule has 3 heteroatoms. The predicted molar refractivity (Wildman–Crippen MR) is 79.6 cm³/mol. The zero-order chi connectivity index (χ0) is 14.0. The van der Waals surface area contributed by atoms with E-state index in [1.165, 1.54) is 18.2 Å². The van der Waals surface area contributed by atoms with Crippen LogP contribution < -0.4 is 5.73 Å². The minimum Gasteiger partial charge on any atom is -0.342 e. The quantitative estimate of drug-likeness (QED) is 0.852. The minimum absolute atomic E-state index is 0.950. The van der Waals surface area contributed by atoms with Gasteiger partial charge in [-0.15, -0.1) is 0 Å². The van der Waals surface area contributed by atoms with Crippen LogP contribution in [0.4, 0.5) is 0 Å². The van der Waals surface area contributed by atoms with Crippen molar-refractivity contribution in [2.75, 3.05) is 7.05 Å². The van der Waals surface area contributed by atoms with Gasteiger partial charge in [-0.05, 0) is 19.5 Å². The van der Waals surface area contributed by atoms with Crippen LogP contribution in [0.5, 0.6) is 0 Å². The van der Waals surface area contributed by atoms with Crippen molar-refractivity contribution in [2.45, 2.75) is 34.1 Å². The molecule has 3 N–H and O–H groups in total. The van der Waals surface area contributed by atoms with Gasteiger partial charge in [0.25, 0.3) is 0 Å². The van der Waals surface area contributed by atoms with Gasteiger partial charge in [-0.25, -0.2) is 4.98 Å². The molecule has 0 bridgehead atoms. The summed E-state index contributed by atoms with van der Waals surface area (Å²) >= 11 is 0. The highest BCUT2D eigenvalue weighted by atomic mass is 14.9. The lowest BCUT2D eigenvalue weighted by Gasteiger charge is -1.97. The fraction of sp³-hybridized carbons (Fsp3) is 0.400. The fourth-order valence-corrected chi connectivity index (χ4v) is 1.42. The Bertz CT molecular complexity index is 416. The topological polar surface area (TPSA) is 54.7 Å². The summed E-state index contributed by atoms with van der Waals surface area (Å²) in [4.78, 5) is 7.57. The van der Waals surface area contributed by atoms with Crippen molar-refractivity contribution in [1.82, 2.24) is 9.97 Å². The number of benzene rings is 1. The van der Waals surface area contributed by atoms with Crippen molar-refractivity contribution in [3.8, 4) is 11.3 Å². The highest BCUT2D eigenvalue weighted by molar-refractivity contribution is 5.58. The molecule has 0 aliphatic carbocycles. The number of hydrogen-bond acceptors (Lipinski definition) is 2. The molecule has 0 saturated carbocycles. The molecule has 0 radical (unpaired) electrons. The van der Waals surface area contributed by atoms with E-state index in [4.69, 9.17) is 0 Å². The van der Waals surface area contributed by atoms with Crippen molar-refractivity contribution in [3.05, 3.63) is 41.9 Å². The van der Waals surface area contributed by atoms with Crippen LogP contribution in [0.3, 0.4) is 0 Å². The Kier molecular flexibility index (Phi) is 8.58. The van der Waals surface area contributed by atoms with E-state index in [0.717, 1.165) is 17.9 Å². The van der Waals surface area contributed by atoms with Crippen LogP contribution in [0.15, 0.2) is 30.5 Å². The van der Waals surface area contributed by atoms with Gasteiger partial charge in [-0.3, -0.25) is 0 Å². The summed E-state index contributed by atoms with van der Waals surface area (Å²) < 4.78 is 0. The third-order valence-electron chi connectivity index (χ3n) is 2.33. The number of aromatic amines is 1. The molecule has 1 aromatic carbocycles. The van der Waals surface area contributed by atoms with Crippen LogP contribution in [0, 0.1) is 6.92 Å². The number of imidazole rings is 1. The third-order valence-corrected chi connectivity index (χ3v) is 2.33. The number of nitrogens with one attached hydrogen (secondary N) is 1. The van der Waals surface area contributed by atoms with Crippen molar-refractivity contribution in [2.24, 2.45) is 5.73 Å². The number of aromatic nitrogens is 2. The first-order valence-corrected chi connectivity index (χ1v) is 6.48. The normalized spacial score (nSPS) is 8.78. The Labute approximate surface area is 110 Å². The molecule has 0 unspecified atom stereocenters. The molecular formula is C15H25N3. The lowest BCUT2D eigenvalue weighted by Crippen LogP contribution is -1.82. The van der Waals surface area contributed by atoms with E-state index in [1.54, 1.807) is 0 Å². The zero-order valence-corrected chi connectivity index (χ0v) is 12.1. The Morgan fingerprint density at radius 2 is 1.67 bits per heavy atom. The zero-order valence-electron chi connectivity index (χ0n) is 12.1. The molecule has 100 valence electrons. The molecule has 2 rings (SSSR count). The summed E-state index contributed by atoms with van der Waals surface area (Å²) in [5.74, 6) is 1.04. The lowest BCUT2D eigenvalue weighted by molar-refractivity contribution is 0.991. The molecule has 0 amide bonds. The Morgan fingerprint density at radius 3 is 2.11 bits per heavy atom. The molecule has 0 saturated heterocycles.